The molecule has 3 aromatic rings. The summed E-state index contributed by atoms with van der Waals surface area (Å²) in [4.78, 5) is 35.4. The van der Waals surface area contributed by atoms with E-state index in [4.69, 9.17) is 4.98 Å². The highest BCUT2D eigenvalue weighted by Crippen LogP contribution is 2.28. The van der Waals surface area contributed by atoms with Gasteiger partial charge in [-0.3, -0.25) is 9.59 Å². The van der Waals surface area contributed by atoms with Gasteiger partial charge in [0.2, 0.25) is 5.91 Å². The lowest BCUT2D eigenvalue weighted by molar-refractivity contribution is -0.118. The lowest BCUT2D eigenvalue weighted by Crippen LogP contribution is -2.39. The van der Waals surface area contributed by atoms with Gasteiger partial charge in [0, 0.05) is 38.3 Å². The fourth-order valence-electron chi connectivity index (χ4n) is 5.04. The van der Waals surface area contributed by atoms with Crippen molar-refractivity contribution in [3.05, 3.63) is 63.9 Å². The van der Waals surface area contributed by atoms with Crippen LogP contribution in [0.25, 0.3) is 11.0 Å². The molecule has 32 heavy (non-hydrogen) atoms. The van der Waals surface area contributed by atoms with Crippen molar-refractivity contribution >= 4 is 28.4 Å². The maximum atomic E-state index is 13.4. The number of amides is 1. The Balaban J connectivity index is 1.44. The average Bonchev–Trinajstić information content (AvgIpc) is 2.83. The van der Waals surface area contributed by atoms with Gasteiger partial charge in [-0.2, -0.15) is 0 Å². The zero-order valence-corrected chi connectivity index (χ0v) is 18.7. The van der Waals surface area contributed by atoms with E-state index in [-0.39, 0.29) is 11.5 Å². The quantitative estimate of drug-likeness (QED) is 0.626. The van der Waals surface area contributed by atoms with E-state index in [0.29, 0.717) is 18.8 Å². The number of rotatable bonds is 4. The maximum absolute atomic E-state index is 13.4. The number of aromatic nitrogens is 2. The molecule has 0 bridgehead atoms. The number of nitrogens with zero attached hydrogens (tertiary/aromatic N) is 4. The van der Waals surface area contributed by atoms with Crippen LogP contribution >= 0.6 is 0 Å². The van der Waals surface area contributed by atoms with Gasteiger partial charge < -0.3 is 14.4 Å². The molecular weight excluding hydrogens is 400 g/mol. The summed E-state index contributed by atoms with van der Waals surface area (Å²) < 4.78 is 1.75. The second kappa shape index (κ2) is 8.77. The number of piperidine rings is 1. The molecule has 2 aromatic carbocycles. The first kappa shape index (κ1) is 20.7. The predicted molar refractivity (Wildman–Crippen MR) is 129 cm³/mol. The normalized spacial score (nSPS) is 16.3. The molecule has 2 aliphatic heterocycles. The van der Waals surface area contributed by atoms with Crippen LogP contribution < -0.4 is 15.4 Å². The van der Waals surface area contributed by atoms with Gasteiger partial charge in [-0.1, -0.05) is 29.8 Å². The van der Waals surface area contributed by atoms with Crippen molar-refractivity contribution in [1.29, 1.82) is 0 Å². The molecule has 0 atom stereocenters. The SMILES string of the molecule is Cc1ccc2c(c1)CCCN2C(=O)CCn1c(=O)c(N2CCCCC2)nc2ccccc21. The van der Waals surface area contributed by atoms with Crippen LogP contribution in [0.2, 0.25) is 0 Å². The van der Waals surface area contributed by atoms with E-state index < -0.39 is 0 Å². The van der Waals surface area contributed by atoms with Crippen LogP contribution in [-0.4, -0.2) is 35.1 Å². The largest absolute Gasteiger partial charge is 0.352 e. The molecule has 1 saturated heterocycles. The number of anilines is 2. The van der Waals surface area contributed by atoms with E-state index in [0.717, 1.165) is 62.0 Å². The molecule has 0 N–H and O–H groups in total. The fraction of sp³-hybridized carbons (Fsp3) is 0.423. The molecule has 1 amide bonds. The van der Waals surface area contributed by atoms with E-state index >= 15 is 0 Å². The lowest BCUT2D eigenvalue weighted by Gasteiger charge is -2.30. The van der Waals surface area contributed by atoms with Crippen molar-refractivity contribution in [1.82, 2.24) is 9.55 Å². The monoisotopic (exact) mass is 430 g/mol. The van der Waals surface area contributed by atoms with E-state index in [2.05, 4.69) is 30.0 Å². The number of carbonyl (C=O) groups is 1. The Morgan fingerprint density at radius 3 is 2.66 bits per heavy atom. The minimum atomic E-state index is -0.0898. The van der Waals surface area contributed by atoms with Crippen molar-refractivity contribution in [2.45, 2.75) is 52.0 Å². The summed E-state index contributed by atoms with van der Waals surface area (Å²) in [5, 5.41) is 0. The van der Waals surface area contributed by atoms with Crippen molar-refractivity contribution in [2.75, 3.05) is 29.4 Å². The Kier molecular flexibility index (Phi) is 5.68. The van der Waals surface area contributed by atoms with Crippen LogP contribution in [0.4, 0.5) is 11.5 Å². The third-order valence-corrected chi connectivity index (χ3v) is 6.69. The number of aryl methyl sites for hydroxylation is 3. The number of hydrogen-bond acceptors (Lipinski definition) is 4. The van der Waals surface area contributed by atoms with E-state index in [1.54, 1.807) is 4.57 Å². The van der Waals surface area contributed by atoms with Crippen molar-refractivity contribution in [3.63, 3.8) is 0 Å². The molecule has 6 heteroatoms. The average molecular weight is 431 g/mol. The summed E-state index contributed by atoms with van der Waals surface area (Å²) in [5.41, 5.74) is 4.99. The van der Waals surface area contributed by atoms with Crippen LogP contribution in [0, 0.1) is 6.92 Å². The molecule has 2 aliphatic rings. The highest BCUT2D eigenvalue weighted by atomic mass is 16.2. The third-order valence-electron chi connectivity index (χ3n) is 6.69. The number of hydrogen-bond donors (Lipinski definition) is 0. The Morgan fingerprint density at radius 1 is 1.00 bits per heavy atom. The minimum Gasteiger partial charge on any atom is -0.352 e. The molecule has 0 saturated carbocycles. The highest BCUT2D eigenvalue weighted by molar-refractivity contribution is 5.94. The lowest BCUT2D eigenvalue weighted by atomic mass is 9.99. The van der Waals surface area contributed by atoms with E-state index in [9.17, 15) is 9.59 Å². The molecule has 0 spiro atoms. The van der Waals surface area contributed by atoms with E-state index in [1.165, 1.54) is 17.5 Å². The fourth-order valence-corrected chi connectivity index (χ4v) is 5.04. The van der Waals surface area contributed by atoms with Crippen LogP contribution in [0.3, 0.4) is 0 Å². The molecule has 6 nitrogen and oxygen atoms in total. The number of fused-ring (bicyclic) bond motifs is 2. The molecule has 0 aliphatic carbocycles. The Hall–Kier alpha value is -3.15. The molecule has 1 aromatic heterocycles. The molecule has 166 valence electrons. The van der Waals surface area contributed by atoms with Crippen molar-refractivity contribution < 1.29 is 4.79 Å². The van der Waals surface area contributed by atoms with Gasteiger partial charge in [0.25, 0.3) is 5.56 Å². The van der Waals surface area contributed by atoms with Crippen LogP contribution in [-0.2, 0) is 17.8 Å². The number of carbonyl (C=O) groups excluding carboxylic acids is 1. The van der Waals surface area contributed by atoms with Gasteiger partial charge >= 0.3 is 0 Å². The third kappa shape index (κ3) is 3.90. The van der Waals surface area contributed by atoms with Crippen molar-refractivity contribution in [2.24, 2.45) is 0 Å². The molecular formula is C26H30N4O2. The minimum absolute atomic E-state index is 0.0714. The first-order valence-corrected chi connectivity index (χ1v) is 11.8. The van der Waals surface area contributed by atoms with Gasteiger partial charge in [0.05, 0.1) is 11.0 Å². The topological polar surface area (TPSA) is 58.4 Å². The van der Waals surface area contributed by atoms with Gasteiger partial charge in [-0.15, -0.1) is 0 Å². The summed E-state index contributed by atoms with van der Waals surface area (Å²) in [5.74, 6) is 0.594. The summed E-state index contributed by atoms with van der Waals surface area (Å²) >= 11 is 0. The summed E-state index contributed by atoms with van der Waals surface area (Å²) in [6.45, 7) is 4.91. The summed E-state index contributed by atoms with van der Waals surface area (Å²) in [6, 6.07) is 14.0. The summed E-state index contributed by atoms with van der Waals surface area (Å²) in [6.07, 6.45) is 5.64. The molecule has 0 unspecified atom stereocenters. The van der Waals surface area contributed by atoms with Gasteiger partial charge in [-0.05, 0) is 62.8 Å². The highest BCUT2D eigenvalue weighted by Gasteiger charge is 2.24. The zero-order chi connectivity index (χ0) is 22.1. The van der Waals surface area contributed by atoms with Crippen LogP contribution in [0.5, 0.6) is 0 Å². The Bertz CT molecular complexity index is 1210. The molecule has 3 heterocycles. The van der Waals surface area contributed by atoms with Gasteiger partial charge in [0.15, 0.2) is 5.82 Å². The predicted octanol–water partition coefficient (Wildman–Crippen LogP) is 4.06. The second-order valence-electron chi connectivity index (χ2n) is 8.96. The van der Waals surface area contributed by atoms with Gasteiger partial charge in [-0.25, -0.2) is 4.98 Å². The number of benzene rings is 2. The smallest absolute Gasteiger partial charge is 0.294 e. The van der Waals surface area contributed by atoms with Crippen LogP contribution in [0.15, 0.2) is 47.3 Å². The van der Waals surface area contributed by atoms with E-state index in [1.807, 2.05) is 29.2 Å². The first-order chi connectivity index (χ1) is 15.6. The molecule has 0 radical (unpaired) electrons. The number of para-hydroxylation sites is 2. The van der Waals surface area contributed by atoms with Gasteiger partial charge in [0.1, 0.15) is 0 Å². The first-order valence-electron chi connectivity index (χ1n) is 11.8. The van der Waals surface area contributed by atoms with Crippen molar-refractivity contribution in [3.8, 4) is 0 Å². The van der Waals surface area contributed by atoms with Crippen LogP contribution in [0.1, 0.15) is 43.2 Å². The summed E-state index contributed by atoms with van der Waals surface area (Å²) in [7, 11) is 0. The Morgan fingerprint density at radius 2 is 1.81 bits per heavy atom. The second-order valence-corrected chi connectivity index (χ2v) is 8.96. The zero-order valence-electron chi connectivity index (χ0n) is 18.7. The standard InChI is InChI=1S/C26H30N4O2/c1-19-11-12-22-20(18-19)8-7-16-29(22)24(31)13-17-30-23-10-4-3-9-21(23)27-25(26(30)32)28-14-5-2-6-15-28/h3-4,9-12,18H,2,5-8,13-17H2,1H3. The maximum Gasteiger partial charge on any atom is 0.294 e. The molecule has 5 rings (SSSR count). The Labute approximate surface area is 188 Å². The molecule has 1 fully saturated rings.